The minimum Gasteiger partial charge on any atom is -0.307 e. The van der Waals surface area contributed by atoms with Crippen LogP contribution >= 0.6 is 11.3 Å². The zero-order valence-corrected chi connectivity index (χ0v) is 9.45. The molecule has 2 heterocycles. The standard InChI is InChI=1S/C10H12N4S/c1-7-14-6-9(15-7)10(11-2)8-5-12-3-4-13-8/h3-6,10-11H,1-2H3. The van der Waals surface area contributed by atoms with Gasteiger partial charge in [-0.2, -0.15) is 0 Å². The Labute approximate surface area is 92.4 Å². The Morgan fingerprint density at radius 3 is 2.67 bits per heavy atom. The number of hydrogen-bond acceptors (Lipinski definition) is 5. The van der Waals surface area contributed by atoms with Gasteiger partial charge in [-0.25, -0.2) is 4.98 Å². The van der Waals surface area contributed by atoms with Gasteiger partial charge in [-0.15, -0.1) is 11.3 Å². The first-order chi connectivity index (χ1) is 7.31. The van der Waals surface area contributed by atoms with Crippen LogP contribution in [0.4, 0.5) is 0 Å². The van der Waals surface area contributed by atoms with E-state index in [0.717, 1.165) is 15.6 Å². The molecule has 0 bridgehead atoms. The van der Waals surface area contributed by atoms with Crippen LogP contribution in [0.25, 0.3) is 0 Å². The Bertz CT molecular complexity index is 426. The summed E-state index contributed by atoms with van der Waals surface area (Å²) in [5.74, 6) is 0. The zero-order chi connectivity index (χ0) is 10.7. The van der Waals surface area contributed by atoms with Gasteiger partial charge in [0.05, 0.1) is 22.9 Å². The fourth-order valence-electron chi connectivity index (χ4n) is 1.41. The van der Waals surface area contributed by atoms with E-state index in [2.05, 4.69) is 20.3 Å². The molecule has 0 aliphatic heterocycles. The molecule has 2 aromatic heterocycles. The predicted octanol–water partition coefficient (Wildman–Crippen LogP) is 1.55. The van der Waals surface area contributed by atoms with Crippen molar-refractivity contribution in [3.63, 3.8) is 0 Å². The molecule has 0 aliphatic rings. The largest absolute Gasteiger partial charge is 0.307 e. The number of hydrogen-bond donors (Lipinski definition) is 1. The van der Waals surface area contributed by atoms with E-state index in [9.17, 15) is 0 Å². The molecule has 0 aliphatic carbocycles. The number of nitrogens with one attached hydrogen (secondary N) is 1. The maximum absolute atomic E-state index is 4.29. The molecule has 5 heteroatoms. The Kier molecular flexibility index (Phi) is 3.03. The molecule has 0 aromatic carbocycles. The average Bonchev–Trinajstić information content (AvgIpc) is 2.68. The Hall–Kier alpha value is -1.33. The lowest BCUT2D eigenvalue weighted by atomic mass is 10.2. The van der Waals surface area contributed by atoms with Gasteiger partial charge in [0.2, 0.25) is 0 Å². The summed E-state index contributed by atoms with van der Waals surface area (Å²) in [5.41, 5.74) is 0.920. The summed E-state index contributed by atoms with van der Waals surface area (Å²) in [6, 6.07) is 0.0879. The molecule has 2 aromatic rings. The summed E-state index contributed by atoms with van der Waals surface area (Å²) >= 11 is 1.67. The highest BCUT2D eigenvalue weighted by molar-refractivity contribution is 7.11. The lowest BCUT2D eigenvalue weighted by Crippen LogP contribution is -2.17. The van der Waals surface area contributed by atoms with Gasteiger partial charge in [0, 0.05) is 23.5 Å². The third-order valence-electron chi connectivity index (χ3n) is 2.09. The molecular formula is C10H12N4S. The van der Waals surface area contributed by atoms with E-state index in [0.29, 0.717) is 0 Å². The monoisotopic (exact) mass is 220 g/mol. The Morgan fingerprint density at radius 2 is 2.13 bits per heavy atom. The molecule has 1 atom stereocenters. The molecular weight excluding hydrogens is 208 g/mol. The summed E-state index contributed by atoms with van der Waals surface area (Å²) in [4.78, 5) is 13.8. The van der Waals surface area contributed by atoms with Crippen LogP contribution in [-0.4, -0.2) is 22.0 Å². The number of nitrogens with zero attached hydrogens (tertiary/aromatic N) is 3. The molecule has 0 spiro atoms. The van der Waals surface area contributed by atoms with Gasteiger partial charge >= 0.3 is 0 Å². The molecule has 2 rings (SSSR count). The van der Waals surface area contributed by atoms with Gasteiger partial charge in [-0.1, -0.05) is 0 Å². The smallest absolute Gasteiger partial charge is 0.0897 e. The highest BCUT2D eigenvalue weighted by Gasteiger charge is 2.15. The summed E-state index contributed by atoms with van der Waals surface area (Å²) in [5, 5.41) is 4.28. The molecule has 0 radical (unpaired) electrons. The minimum absolute atomic E-state index is 0.0879. The van der Waals surface area contributed by atoms with Crippen LogP contribution in [0.1, 0.15) is 21.6 Å². The van der Waals surface area contributed by atoms with Crippen LogP contribution in [0.2, 0.25) is 0 Å². The van der Waals surface area contributed by atoms with E-state index in [1.165, 1.54) is 0 Å². The van der Waals surface area contributed by atoms with Crippen molar-refractivity contribution >= 4 is 11.3 Å². The van der Waals surface area contributed by atoms with Crippen molar-refractivity contribution in [2.45, 2.75) is 13.0 Å². The van der Waals surface area contributed by atoms with Crippen LogP contribution in [0, 0.1) is 6.92 Å². The third kappa shape index (κ3) is 2.19. The predicted molar refractivity (Wildman–Crippen MR) is 59.8 cm³/mol. The molecule has 4 nitrogen and oxygen atoms in total. The van der Waals surface area contributed by atoms with Crippen molar-refractivity contribution in [3.05, 3.63) is 40.4 Å². The van der Waals surface area contributed by atoms with Crippen molar-refractivity contribution in [1.29, 1.82) is 0 Å². The lowest BCUT2D eigenvalue weighted by molar-refractivity contribution is 0.676. The summed E-state index contributed by atoms with van der Waals surface area (Å²) in [6.45, 7) is 2.00. The maximum atomic E-state index is 4.29. The number of aromatic nitrogens is 3. The second-order valence-electron chi connectivity index (χ2n) is 3.13. The van der Waals surface area contributed by atoms with Gasteiger partial charge in [0.1, 0.15) is 0 Å². The fourth-order valence-corrected chi connectivity index (χ4v) is 2.32. The maximum Gasteiger partial charge on any atom is 0.0897 e. The normalized spacial score (nSPS) is 12.7. The zero-order valence-electron chi connectivity index (χ0n) is 8.64. The van der Waals surface area contributed by atoms with Crippen LogP contribution in [-0.2, 0) is 0 Å². The molecule has 15 heavy (non-hydrogen) atoms. The molecule has 1 unspecified atom stereocenters. The van der Waals surface area contributed by atoms with Crippen molar-refractivity contribution < 1.29 is 0 Å². The van der Waals surface area contributed by atoms with Crippen molar-refractivity contribution in [1.82, 2.24) is 20.3 Å². The van der Waals surface area contributed by atoms with Crippen molar-refractivity contribution in [2.24, 2.45) is 0 Å². The quantitative estimate of drug-likeness (QED) is 0.852. The minimum atomic E-state index is 0.0879. The SMILES string of the molecule is CNC(c1cnccn1)c1cnc(C)s1. The topological polar surface area (TPSA) is 50.7 Å². The highest BCUT2D eigenvalue weighted by atomic mass is 32.1. The van der Waals surface area contributed by atoms with Gasteiger partial charge in [-0.3, -0.25) is 9.97 Å². The average molecular weight is 220 g/mol. The van der Waals surface area contributed by atoms with Crippen LogP contribution < -0.4 is 5.32 Å². The summed E-state index contributed by atoms with van der Waals surface area (Å²) < 4.78 is 0. The summed E-state index contributed by atoms with van der Waals surface area (Å²) in [7, 11) is 1.91. The van der Waals surface area contributed by atoms with Gasteiger partial charge in [0.15, 0.2) is 0 Å². The number of aryl methyl sites for hydroxylation is 1. The van der Waals surface area contributed by atoms with Gasteiger partial charge < -0.3 is 5.32 Å². The van der Waals surface area contributed by atoms with E-state index < -0.39 is 0 Å². The van der Waals surface area contributed by atoms with E-state index >= 15 is 0 Å². The molecule has 0 saturated heterocycles. The van der Waals surface area contributed by atoms with Gasteiger partial charge in [-0.05, 0) is 14.0 Å². The van der Waals surface area contributed by atoms with Crippen LogP contribution in [0.5, 0.6) is 0 Å². The van der Waals surface area contributed by atoms with Crippen molar-refractivity contribution in [2.75, 3.05) is 7.05 Å². The number of rotatable bonds is 3. The van der Waals surface area contributed by atoms with E-state index in [1.54, 1.807) is 29.9 Å². The second-order valence-corrected chi connectivity index (χ2v) is 4.40. The lowest BCUT2D eigenvalue weighted by Gasteiger charge is -2.12. The molecule has 0 saturated carbocycles. The number of thiazole rings is 1. The van der Waals surface area contributed by atoms with Crippen molar-refractivity contribution in [3.8, 4) is 0 Å². The molecule has 0 fully saturated rings. The highest BCUT2D eigenvalue weighted by Crippen LogP contribution is 2.24. The fraction of sp³-hybridized carbons (Fsp3) is 0.300. The first kappa shape index (κ1) is 10.2. The Balaban J connectivity index is 2.33. The van der Waals surface area contributed by atoms with E-state index in [-0.39, 0.29) is 6.04 Å². The van der Waals surface area contributed by atoms with Gasteiger partial charge in [0.25, 0.3) is 0 Å². The van der Waals surface area contributed by atoms with E-state index in [1.807, 2.05) is 20.2 Å². The Morgan fingerprint density at radius 1 is 1.27 bits per heavy atom. The second kappa shape index (κ2) is 4.46. The van der Waals surface area contributed by atoms with Crippen LogP contribution in [0.3, 0.4) is 0 Å². The molecule has 0 amide bonds. The molecule has 78 valence electrons. The molecule has 1 N–H and O–H groups in total. The third-order valence-corrected chi connectivity index (χ3v) is 3.07. The van der Waals surface area contributed by atoms with E-state index in [4.69, 9.17) is 0 Å². The first-order valence-corrected chi connectivity index (χ1v) is 5.48. The van der Waals surface area contributed by atoms with Crippen LogP contribution in [0.15, 0.2) is 24.8 Å². The summed E-state index contributed by atoms with van der Waals surface area (Å²) in [6.07, 6.45) is 7.04. The first-order valence-electron chi connectivity index (χ1n) is 4.66.